The second kappa shape index (κ2) is 4.40. The first-order valence-corrected chi connectivity index (χ1v) is 4.92. The van der Waals surface area contributed by atoms with Gasteiger partial charge in [-0.3, -0.25) is 4.90 Å². The van der Waals surface area contributed by atoms with E-state index in [2.05, 4.69) is 25.7 Å². The third-order valence-electron chi connectivity index (χ3n) is 2.62. The van der Waals surface area contributed by atoms with E-state index < -0.39 is 0 Å². The molecule has 0 aromatic rings. The van der Waals surface area contributed by atoms with Gasteiger partial charge in [0.15, 0.2) is 0 Å². The summed E-state index contributed by atoms with van der Waals surface area (Å²) in [6.45, 7) is 10.2. The summed E-state index contributed by atoms with van der Waals surface area (Å²) in [7, 11) is 1.75. The van der Waals surface area contributed by atoms with Crippen LogP contribution in [0.4, 0.5) is 0 Å². The summed E-state index contributed by atoms with van der Waals surface area (Å²) in [5.41, 5.74) is 0.158. The maximum absolute atomic E-state index is 5.62. The van der Waals surface area contributed by atoms with Gasteiger partial charge in [-0.25, -0.2) is 0 Å². The molecule has 1 heterocycles. The minimum Gasteiger partial charge on any atom is -0.383 e. The number of hydrogen-bond acceptors (Lipinski definition) is 3. The Bertz CT molecular complexity index is 159. The molecule has 0 bridgehead atoms. The zero-order chi connectivity index (χ0) is 9.90. The molecule has 1 saturated heterocycles. The number of hydrogen-bond donors (Lipinski definition) is 0. The fourth-order valence-corrected chi connectivity index (χ4v) is 1.64. The summed E-state index contributed by atoms with van der Waals surface area (Å²) >= 11 is 0. The summed E-state index contributed by atoms with van der Waals surface area (Å²) in [5, 5.41) is 0. The van der Waals surface area contributed by atoms with Crippen LogP contribution in [-0.4, -0.2) is 50.0 Å². The number of methoxy groups -OCH3 is 1. The van der Waals surface area contributed by atoms with Gasteiger partial charge in [-0.2, -0.15) is 0 Å². The molecule has 1 rings (SSSR count). The van der Waals surface area contributed by atoms with Crippen molar-refractivity contribution in [3.05, 3.63) is 0 Å². The maximum atomic E-state index is 5.62. The van der Waals surface area contributed by atoms with E-state index in [9.17, 15) is 0 Å². The Morgan fingerprint density at radius 3 is 2.85 bits per heavy atom. The Kier molecular flexibility index (Phi) is 3.71. The molecule has 0 radical (unpaired) electrons. The molecule has 3 nitrogen and oxygen atoms in total. The Morgan fingerprint density at radius 2 is 2.23 bits per heavy atom. The lowest BCUT2D eigenvalue weighted by Gasteiger charge is -2.44. The largest absolute Gasteiger partial charge is 0.383 e. The first-order valence-electron chi connectivity index (χ1n) is 4.92. The Labute approximate surface area is 81.0 Å². The summed E-state index contributed by atoms with van der Waals surface area (Å²) < 4.78 is 10.7. The second-order valence-electron chi connectivity index (χ2n) is 4.37. The van der Waals surface area contributed by atoms with E-state index in [1.165, 1.54) is 0 Å². The van der Waals surface area contributed by atoms with Crippen molar-refractivity contribution >= 4 is 0 Å². The normalized spacial score (nSPS) is 29.1. The van der Waals surface area contributed by atoms with E-state index in [0.717, 1.165) is 26.3 Å². The zero-order valence-electron chi connectivity index (χ0n) is 9.17. The molecule has 13 heavy (non-hydrogen) atoms. The van der Waals surface area contributed by atoms with Crippen molar-refractivity contribution in [1.29, 1.82) is 0 Å². The van der Waals surface area contributed by atoms with E-state index in [1.54, 1.807) is 7.11 Å². The highest BCUT2D eigenvalue weighted by molar-refractivity contribution is 4.86. The maximum Gasteiger partial charge on any atom is 0.0675 e. The molecule has 1 unspecified atom stereocenters. The Morgan fingerprint density at radius 1 is 1.54 bits per heavy atom. The molecule has 0 N–H and O–H groups in total. The molecule has 0 saturated carbocycles. The number of morpholine rings is 1. The predicted molar refractivity (Wildman–Crippen MR) is 52.9 cm³/mol. The second-order valence-corrected chi connectivity index (χ2v) is 4.37. The lowest BCUT2D eigenvalue weighted by Crippen LogP contribution is -2.56. The monoisotopic (exact) mass is 187 g/mol. The number of ether oxygens (including phenoxy) is 2. The molecule has 0 amide bonds. The van der Waals surface area contributed by atoms with Crippen molar-refractivity contribution in [2.45, 2.75) is 32.4 Å². The van der Waals surface area contributed by atoms with Crippen LogP contribution in [0.25, 0.3) is 0 Å². The minimum atomic E-state index is 0.158. The van der Waals surface area contributed by atoms with Crippen LogP contribution in [-0.2, 0) is 9.47 Å². The van der Waals surface area contributed by atoms with Gasteiger partial charge in [0.2, 0.25) is 0 Å². The van der Waals surface area contributed by atoms with Crippen LogP contribution in [0, 0.1) is 0 Å². The molecule has 1 aliphatic rings. The molecule has 0 aromatic heterocycles. The van der Waals surface area contributed by atoms with Gasteiger partial charge in [0, 0.05) is 25.7 Å². The van der Waals surface area contributed by atoms with Gasteiger partial charge in [-0.05, 0) is 20.8 Å². The summed E-state index contributed by atoms with van der Waals surface area (Å²) in [6.07, 6.45) is 0.352. The van der Waals surface area contributed by atoms with Crippen molar-refractivity contribution in [2.24, 2.45) is 0 Å². The quantitative estimate of drug-likeness (QED) is 0.661. The summed E-state index contributed by atoms with van der Waals surface area (Å²) in [6, 6.07) is 0. The molecule has 78 valence electrons. The lowest BCUT2D eigenvalue weighted by molar-refractivity contribution is -0.0959. The van der Waals surface area contributed by atoms with Gasteiger partial charge in [0.05, 0.1) is 19.3 Å². The van der Waals surface area contributed by atoms with Crippen molar-refractivity contribution in [3.63, 3.8) is 0 Å². The molecule has 0 aliphatic carbocycles. The smallest absolute Gasteiger partial charge is 0.0675 e. The minimum absolute atomic E-state index is 0.158. The number of rotatable bonds is 3. The van der Waals surface area contributed by atoms with E-state index in [0.29, 0.717) is 6.10 Å². The first-order chi connectivity index (χ1) is 6.06. The molecule has 1 atom stereocenters. The molecule has 3 heteroatoms. The van der Waals surface area contributed by atoms with Gasteiger partial charge in [-0.15, -0.1) is 0 Å². The average Bonchev–Trinajstić information content (AvgIpc) is 2.07. The van der Waals surface area contributed by atoms with E-state index >= 15 is 0 Å². The summed E-state index contributed by atoms with van der Waals surface area (Å²) in [5.74, 6) is 0. The van der Waals surface area contributed by atoms with Crippen LogP contribution in [0.5, 0.6) is 0 Å². The van der Waals surface area contributed by atoms with Gasteiger partial charge >= 0.3 is 0 Å². The highest BCUT2D eigenvalue weighted by Crippen LogP contribution is 2.21. The molecular formula is C10H21NO2. The highest BCUT2D eigenvalue weighted by atomic mass is 16.5. The van der Waals surface area contributed by atoms with Crippen molar-refractivity contribution in [2.75, 3.05) is 33.4 Å². The van der Waals surface area contributed by atoms with Crippen LogP contribution >= 0.6 is 0 Å². The highest BCUT2D eigenvalue weighted by Gasteiger charge is 2.32. The van der Waals surface area contributed by atoms with Crippen LogP contribution in [0.2, 0.25) is 0 Å². The van der Waals surface area contributed by atoms with Crippen LogP contribution in [0.3, 0.4) is 0 Å². The van der Waals surface area contributed by atoms with Gasteiger partial charge < -0.3 is 9.47 Å². The van der Waals surface area contributed by atoms with E-state index in [-0.39, 0.29) is 5.54 Å². The molecule has 1 aliphatic heterocycles. The van der Waals surface area contributed by atoms with Gasteiger partial charge in [0.1, 0.15) is 0 Å². The fourth-order valence-electron chi connectivity index (χ4n) is 1.64. The van der Waals surface area contributed by atoms with E-state index in [1.807, 2.05) is 0 Å². The zero-order valence-corrected chi connectivity index (χ0v) is 9.17. The average molecular weight is 187 g/mol. The number of nitrogens with zero attached hydrogens (tertiary/aromatic N) is 1. The summed E-state index contributed by atoms with van der Waals surface area (Å²) in [4.78, 5) is 2.44. The van der Waals surface area contributed by atoms with Crippen LogP contribution in [0.15, 0.2) is 0 Å². The molecule has 0 aromatic carbocycles. The molecule has 0 spiro atoms. The van der Waals surface area contributed by atoms with Crippen molar-refractivity contribution in [1.82, 2.24) is 4.90 Å². The van der Waals surface area contributed by atoms with Crippen LogP contribution in [0.1, 0.15) is 20.8 Å². The fraction of sp³-hybridized carbons (Fsp3) is 1.00. The molecular weight excluding hydrogens is 166 g/mol. The first kappa shape index (κ1) is 11.0. The van der Waals surface area contributed by atoms with Crippen LogP contribution < -0.4 is 0 Å². The van der Waals surface area contributed by atoms with Gasteiger partial charge in [0.25, 0.3) is 0 Å². The van der Waals surface area contributed by atoms with Gasteiger partial charge in [-0.1, -0.05) is 0 Å². The van der Waals surface area contributed by atoms with Crippen molar-refractivity contribution < 1.29 is 9.47 Å². The predicted octanol–water partition coefficient (Wildman–Crippen LogP) is 1.13. The standard InChI is InChI=1S/C10H21NO2/c1-9-7-11(5-6-12-4)10(2,3)8-13-9/h9H,5-8H2,1-4H3. The van der Waals surface area contributed by atoms with E-state index in [4.69, 9.17) is 9.47 Å². The topological polar surface area (TPSA) is 21.7 Å². The Balaban J connectivity index is 2.46. The molecule has 1 fully saturated rings. The SMILES string of the molecule is COCCN1CC(C)OCC1(C)C. The third kappa shape index (κ3) is 2.93. The van der Waals surface area contributed by atoms with Crippen molar-refractivity contribution in [3.8, 4) is 0 Å². The lowest BCUT2D eigenvalue weighted by atomic mass is 10.0. The Hall–Kier alpha value is -0.120. The third-order valence-corrected chi connectivity index (χ3v) is 2.62.